The van der Waals surface area contributed by atoms with Crippen molar-refractivity contribution in [3.05, 3.63) is 5.28 Å². The third-order valence-corrected chi connectivity index (χ3v) is 3.16. The SMILES string of the molecule is CC.CCCCCCCCCOc1nc(Cl)nc(NCCN)n1. The third-order valence-electron chi connectivity index (χ3n) is 2.99. The predicted octanol–water partition coefficient (Wildman–Crippen LogP) is 4.05. The predicted molar refractivity (Wildman–Crippen MR) is 97.2 cm³/mol. The van der Waals surface area contributed by atoms with Crippen LogP contribution in [0.15, 0.2) is 0 Å². The first kappa shape index (κ1) is 21.9. The molecule has 0 fully saturated rings. The van der Waals surface area contributed by atoms with Gasteiger partial charge in [-0.25, -0.2) is 0 Å². The molecule has 0 aliphatic heterocycles. The van der Waals surface area contributed by atoms with Crippen molar-refractivity contribution in [3.63, 3.8) is 0 Å². The number of aromatic nitrogens is 3. The zero-order valence-electron chi connectivity index (χ0n) is 14.8. The number of ether oxygens (including phenoxy) is 1. The third kappa shape index (κ3) is 12.0. The minimum atomic E-state index is 0.124. The summed E-state index contributed by atoms with van der Waals surface area (Å²) in [6, 6.07) is 0.264. The van der Waals surface area contributed by atoms with Gasteiger partial charge in [-0.1, -0.05) is 59.3 Å². The second-order valence-electron chi connectivity index (χ2n) is 4.90. The van der Waals surface area contributed by atoms with Gasteiger partial charge in [0.05, 0.1) is 6.61 Å². The zero-order valence-corrected chi connectivity index (χ0v) is 15.5. The number of hydrogen-bond donors (Lipinski definition) is 2. The molecule has 0 atom stereocenters. The summed E-state index contributed by atoms with van der Waals surface area (Å²) in [5, 5.41) is 3.08. The van der Waals surface area contributed by atoms with Crippen molar-refractivity contribution in [3.8, 4) is 6.01 Å². The van der Waals surface area contributed by atoms with Gasteiger partial charge in [-0.3, -0.25) is 0 Å². The molecule has 0 spiro atoms. The Labute approximate surface area is 145 Å². The molecule has 134 valence electrons. The lowest BCUT2D eigenvalue weighted by atomic mass is 10.1. The molecule has 0 unspecified atom stereocenters. The van der Waals surface area contributed by atoms with Crippen LogP contribution >= 0.6 is 11.6 Å². The monoisotopic (exact) mass is 345 g/mol. The van der Waals surface area contributed by atoms with Crippen LogP contribution in [0.3, 0.4) is 0 Å². The molecule has 0 bridgehead atoms. The van der Waals surface area contributed by atoms with Gasteiger partial charge in [-0.15, -0.1) is 0 Å². The molecule has 1 heterocycles. The van der Waals surface area contributed by atoms with Crippen LogP contribution in [0.2, 0.25) is 5.28 Å². The number of rotatable bonds is 12. The lowest BCUT2D eigenvalue weighted by molar-refractivity contribution is 0.280. The Bertz CT molecular complexity index is 393. The van der Waals surface area contributed by atoms with Crippen molar-refractivity contribution in [2.75, 3.05) is 25.0 Å². The van der Waals surface area contributed by atoms with Crippen molar-refractivity contribution in [1.82, 2.24) is 15.0 Å². The largest absolute Gasteiger partial charge is 0.463 e. The first-order valence-corrected chi connectivity index (χ1v) is 9.12. The van der Waals surface area contributed by atoms with Gasteiger partial charge in [0.1, 0.15) is 0 Å². The van der Waals surface area contributed by atoms with Gasteiger partial charge in [0.25, 0.3) is 0 Å². The quantitative estimate of drug-likeness (QED) is 0.556. The molecule has 0 aliphatic rings. The zero-order chi connectivity index (χ0) is 17.3. The Kier molecular flexibility index (Phi) is 15.0. The van der Waals surface area contributed by atoms with Crippen molar-refractivity contribution in [1.29, 1.82) is 0 Å². The maximum Gasteiger partial charge on any atom is 0.322 e. The molecule has 23 heavy (non-hydrogen) atoms. The first-order valence-electron chi connectivity index (χ1n) is 8.74. The van der Waals surface area contributed by atoms with Crippen LogP contribution in [0.5, 0.6) is 6.01 Å². The van der Waals surface area contributed by atoms with E-state index in [9.17, 15) is 0 Å². The van der Waals surface area contributed by atoms with Gasteiger partial charge in [-0.05, 0) is 18.0 Å². The summed E-state index contributed by atoms with van der Waals surface area (Å²) in [6.07, 6.45) is 8.67. The van der Waals surface area contributed by atoms with Gasteiger partial charge in [-0.2, -0.15) is 15.0 Å². The second-order valence-corrected chi connectivity index (χ2v) is 5.23. The van der Waals surface area contributed by atoms with Gasteiger partial charge in [0.2, 0.25) is 11.2 Å². The van der Waals surface area contributed by atoms with E-state index in [1.165, 1.54) is 38.5 Å². The van der Waals surface area contributed by atoms with Gasteiger partial charge >= 0.3 is 6.01 Å². The fraction of sp³-hybridized carbons (Fsp3) is 0.812. The van der Waals surface area contributed by atoms with Crippen molar-refractivity contribution in [2.24, 2.45) is 5.73 Å². The Morgan fingerprint density at radius 1 is 1.00 bits per heavy atom. The van der Waals surface area contributed by atoms with E-state index in [4.69, 9.17) is 22.1 Å². The molecular weight excluding hydrogens is 314 g/mol. The highest BCUT2D eigenvalue weighted by Crippen LogP contribution is 2.12. The highest BCUT2D eigenvalue weighted by Gasteiger charge is 2.05. The van der Waals surface area contributed by atoms with Gasteiger partial charge in [0.15, 0.2) is 0 Å². The maximum atomic E-state index is 5.83. The average molecular weight is 346 g/mol. The highest BCUT2D eigenvalue weighted by molar-refractivity contribution is 6.28. The van der Waals surface area contributed by atoms with Crippen LogP contribution < -0.4 is 15.8 Å². The van der Waals surface area contributed by atoms with Gasteiger partial charge in [0, 0.05) is 13.1 Å². The Balaban J connectivity index is 0.00000232. The fourth-order valence-corrected chi connectivity index (χ4v) is 2.03. The van der Waals surface area contributed by atoms with Crippen LogP contribution in [0, 0.1) is 0 Å². The van der Waals surface area contributed by atoms with E-state index in [-0.39, 0.29) is 11.3 Å². The molecule has 1 aromatic heterocycles. The van der Waals surface area contributed by atoms with Crippen LogP contribution in [-0.2, 0) is 0 Å². The number of anilines is 1. The number of nitrogens with zero attached hydrogens (tertiary/aromatic N) is 3. The molecule has 0 amide bonds. The standard InChI is InChI=1S/C14H26ClN5O.C2H6/c1-2-3-4-5-6-7-8-11-21-14-19-12(15)18-13(20-14)17-10-9-16;1-2/h2-11,16H2,1H3,(H,17,18,19,20);1-2H3. The number of hydrogen-bond acceptors (Lipinski definition) is 6. The molecule has 3 N–H and O–H groups in total. The molecule has 0 aromatic carbocycles. The molecule has 1 rings (SSSR count). The van der Waals surface area contributed by atoms with Crippen molar-refractivity contribution in [2.45, 2.75) is 65.7 Å². The molecular formula is C16H32ClN5O. The molecule has 7 heteroatoms. The Hall–Kier alpha value is -1.14. The second kappa shape index (κ2) is 15.7. The van der Waals surface area contributed by atoms with E-state index < -0.39 is 0 Å². The Morgan fingerprint density at radius 3 is 2.30 bits per heavy atom. The minimum Gasteiger partial charge on any atom is -0.463 e. The van der Waals surface area contributed by atoms with E-state index in [0.29, 0.717) is 25.6 Å². The van der Waals surface area contributed by atoms with Crippen LogP contribution in [0.4, 0.5) is 5.95 Å². The number of nitrogens with one attached hydrogen (secondary N) is 1. The van der Waals surface area contributed by atoms with Gasteiger partial charge < -0.3 is 15.8 Å². The molecule has 1 aromatic rings. The maximum absolute atomic E-state index is 5.83. The summed E-state index contributed by atoms with van der Waals surface area (Å²) in [5.74, 6) is 0.398. The number of unbranched alkanes of at least 4 members (excludes halogenated alkanes) is 6. The molecule has 0 saturated carbocycles. The van der Waals surface area contributed by atoms with Crippen molar-refractivity contribution < 1.29 is 4.74 Å². The fourth-order valence-electron chi connectivity index (χ4n) is 1.88. The summed E-state index contributed by atoms with van der Waals surface area (Å²) in [4.78, 5) is 12.0. The minimum absolute atomic E-state index is 0.124. The molecule has 6 nitrogen and oxygen atoms in total. The average Bonchev–Trinajstić information content (AvgIpc) is 2.57. The summed E-state index contributed by atoms with van der Waals surface area (Å²) < 4.78 is 5.52. The van der Waals surface area contributed by atoms with Crippen LogP contribution in [0.1, 0.15) is 65.7 Å². The lowest BCUT2D eigenvalue weighted by Crippen LogP contribution is -2.15. The van der Waals surface area contributed by atoms with Crippen molar-refractivity contribution >= 4 is 17.5 Å². The first-order chi connectivity index (χ1) is 11.3. The van der Waals surface area contributed by atoms with E-state index >= 15 is 0 Å². The number of nitrogens with two attached hydrogens (primary N) is 1. The van der Waals surface area contributed by atoms with E-state index in [1.807, 2.05) is 13.8 Å². The van der Waals surface area contributed by atoms with E-state index in [2.05, 4.69) is 27.2 Å². The van der Waals surface area contributed by atoms with Crippen LogP contribution in [0.25, 0.3) is 0 Å². The van der Waals surface area contributed by atoms with E-state index in [0.717, 1.165) is 6.42 Å². The smallest absolute Gasteiger partial charge is 0.322 e. The molecule has 0 saturated heterocycles. The summed E-state index contributed by atoms with van der Waals surface area (Å²) in [7, 11) is 0. The normalized spacial score (nSPS) is 9.96. The highest BCUT2D eigenvalue weighted by atomic mass is 35.5. The summed E-state index contributed by atoms with van der Waals surface area (Å²) in [6.45, 7) is 7.91. The lowest BCUT2D eigenvalue weighted by Gasteiger charge is -2.07. The topological polar surface area (TPSA) is 86.0 Å². The van der Waals surface area contributed by atoms with Crippen LogP contribution in [-0.4, -0.2) is 34.6 Å². The molecule has 0 aliphatic carbocycles. The molecule has 0 radical (unpaired) electrons. The summed E-state index contributed by atoms with van der Waals surface area (Å²) >= 11 is 5.83. The summed E-state index contributed by atoms with van der Waals surface area (Å²) in [5.41, 5.74) is 5.41. The Morgan fingerprint density at radius 2 is 1.65 bits per heavy atom. The van der Waals surface area contributed by atoms with E-state index in [1.54, 1.807) is 0 Å². The number of halogens is 1.